The van der Waals surface area contributed by atoms with Crippen molar-refractivity contribution in [2.24, 2.45) is 5.41 Å². The highest BCUT2D eigenvalue weighted by Crippen LogP contribution is 2.34. The van der Waals surface area contributed by atoms with Crippen LogP contribution < -0.4 is 0 Å². The van der Waals surface area contributed by atoms with E-state index in [1.807, 2.05) is 24.3 Å². The lowest BCUT2D eigenvalue weighted by molar-refractivity contribution is -0.485. The molecule has 17 heavy (non-hydrogen) atoms. The van der Waals surface area contributed by atoms with Crippen molar-refractivity contribution < 1.29 is 9.72 Å². The van der Waals surface area contributed by atoms with Crippen molar-refractivity contribution >= 4 is 22.2 Å². The zero-order valence-corrected chi connectivity index (χ0v) is 11.3. The Kier molecular flexibility index (Phi) is 4.40. The summed E-state index contributed by atoms with van der Waals surface area (Å²) in [6.45, 7) is 3.19. The summed E-state index contributed by atoms with van der Waals surface area (Å²) in [5, 5.41) is 10.7. The molecule has 0 spiro atoms. The van der Waals surface area contributed by atoms with Crippen molar-refractivity contribution in [3.05, 3.63) is 44.4 Å². The van der Waals surface area contributed by atoms with Crippen molar-refractivity contribution in [3.8, 4) is 0 Å². The van der Waals surface area contributed by atoms with Gasteiger partial charge in [0.2, 0.25) is 6.54 Å². The molecule has 0 aliphatic heterocycles. The maximum Gasteiger partial charge on any atom is 0.211 e. The molecule has 0 aliphatic carbocycles. The maximum atomic E-state index is 11.1. The normalized spacial score (nSPS) is 13.1. The fourth-order valence-corrected chi connectivity index (χ4v) is 1.96. The summed E-state index contributed by atoms with van der Waals surface area (Å²) in [6.07, 6.45) is 0.781. The monoisotopic (exact) mass is 299 g/mol. The van der Waals surface area contributed by atoms with Gasteiger partial charge in [0, 0.05) is 14.8 Å². The van der Waals surface area contributed by atoms with Gasteiger partial charge in [-0.15, -0.1) is 0 Å². The van der Waals surface area contributed by atoms with Gasteiger partial charge in [0.1, 0.15) is 6.29 Å². The van der Waals surface area contributed by atoms with E-state index in [2.05, 4.69) is 15.9 Å². The zero-order valence-electron chi connectivity index (χ0n) is 9.72. The number of nitrogens with zero attached hydrogens (tertiary/aromatic N) is 1. The predicted molar refractivity (Wildman–Crippen MR) is 68.6 cm³/mol. The lowest BCUT2D eigenvalue weighted by Gasteiger charge is -2.26. The second kappa shape index (κ2) is 5.40. The van der Waals surface area contributed by atoms with Gasteiger partial charge in [0.25, 0.3) is 0 Å². The van der Waals surface area contributed by atoms with Crippen LogP contribution in [0.2, 0.25) is 0 Å². The van der Waals surface area contributed by atoms with Crippen molar-refractivity contribution in [1.29, 1.82) is 0 Å². The van der Waals surface area contributed by atoms with Crippen molar-refractivity contribution in [1.82, 2.24) is 0 Å². The molecule has 1 aromatic carbocycles. The fraction of sp³-hybridized carbons (Fsp3) is 0.417. The lowest BCUT2D eigenvalue weighted by Crippen LogP contribution is -2.29. The molecule has 1 rings (SSSR count). The van der Waals surface area contributed by atoms with Crippen LogP contribution in [-0.4, -0.2) is 17.8 Å². The highest BCUT2D eigenvalue weighted by Gasteiger charge is 2.34. The quantitative estimate of drug-likeness (QED) is 0.477. The van der Waals surface area contributed by atoms with E-state index in [0.29, 0.717) is 0 Å². The van der Waals surface area contributed by atoms with Crippen molar-refractivity contribution in [3.63, 3.8) is 0 Å². The van der Waals surface area contributed by atoms with Crippen LogP contribution in [0, 0.1) is 15.5 Å². The van der Waals surface area contributed by atoms with Gasteiger partial charge < -0.3 is 4.79 Å². The summed E-state index contributed by atoms with van der Waals surface area (Å²) in [5.41, 5.74) is 0.0583. The Morgan fingerprint density at radius 1 is 1.41 bits per heavy atom. The highest BCUT2D eigenvalue weighted by atomic mass is 79.9. The summed E-state index contributed by atoms with van der Waals surface area (Å²) in [4.78, 5) is 21.4. The Bertz CT molecular complexity index is 414. The Morgan fingerprint density at radius 2 is 1.94 bits per heavy atom. The molecule has 0 fully saturated rings. The minimum Gasteiger partial charge on any atom is -0.303 e. The van der Waals surface area contributed by atoms with Crippen LogP contribution in [0.3, 0.4) is 0 Å². The number of hydrogen-bond donors (Lipinski definition) is 0. The Morgan fingerprint density at radius 3 is 2.35 bits per heavy atom. The van der Waals surface area contributed by atoms with E-state index < -0.39 is 11.3 Å². The third-order valence-electron chi connectivity index (χ3n) is 2.81. The van der Waals surface area contributed by atoms with Crippen molar-refractivity contribution in [2.75, 3.05) is 6.54 Å². The van der Waals surface area contributed by atoms with Gasteiger partial charge >= 0.3 is 0 Å². The summed E-state index contributed by atoms with van der Waals surface area (Å²) < 4.78 is 0.907. The molecular formula is C12H14BrNO3. The van der Waals surface area contributed by atoms with Crippen LogP contribution >= 0.6 is 15.9 Å². The van der Waals surface area contributed by atoms with Gasteiger partial charge in [-0.3, -0.25) is 10.1 Å². The number of carbonyl (C=O) groups is 1. The van der Waals surface area contributed by atoms with E-state index in [1.165, 1.54) is 0 Å². The van der Waals surface area contributed by atoms with Crippen LogP contribution in [0.25, 0.3) is 0 Å². The first-order chi connectivity index (χ1) is 7.86. The first-order valence-corrected chi connectivity index (χ1v) is 5.99. The average Bonchev–Trinajstić information content (AvgIpc) is 2.27. The minimum atomic E-state index is -0.749. The van der Waals surface area contributed by atoms with E-state index in [4.69, 9.17) is 0 Å². The number of rotatable bonds is 5. The molecule has 0 heterocycles. The van der Waals surface area contributed by atoms with Gasteiger partial charge in [-0.1, -0.05) is 41.9 Å². The Labute approximate surface area is 108 Å². The standard InChI is InChI=1S/C12H14BrNO3/c1-12(2,8-15)11(7-14(16)17)9-3-5-10(13)6-4-9/h3-6,8,11H,7H2,1-2H3/t11-/m0/s1. The summed E-state index contributed by atoms with van der Waals surface area (Å²) >= 11 is 3.31. The maximum absolute atomic E-state index is 11.1. The number of carbonyl (C=O) groups excluding carboxylic acids is 1. The smallest absolute Gasteiger partial charge is 0.211 e. The van der Waals surface area contributed by atoms with Crippen LogP contribution in [0.15, 0.2) is 28.7 Å². The first-order valence-electron chi connectivity index (χ1n) is 5.20. The third kappa shape index (κ3) is 3.63. The van der Waals surface area contributed by atoms with Gasteiger partial charge in [-0.25, -0.2) is 0 Å². The number of nitro groups is 1. The fourth-order valence-electron chi connectivity index (χ4n) is 1.70. The molecule has 0 aromatic heterocycles. The van der Waals surface area contributed by atoms with Crippen molar-refractivity contribution in [2.45, 2.75) is 19.8 Å². The molecule has 5 heteroatoms. The Balaban J connectivity index is 3.10. The van der Waals surface area contributed by atoms with E-state index >= 15 is 0 Å². The van der Waals surface area contributed by atoms with Crippen LogP contribution in [0.4, 0.5) is 0 Å². The SMILES string of the molecule is CC(C)(C=O)[C@@H](C[N+](=O)[O-])c1ccc(Br)cc1. The average molecular weight is 300 g/mol. The number of aldehydes is 1. The van der Waals surface area contributed by atoms with Crippen LogP contribution in [0.5, 0.6) is 0 Å². The third-order valence-corrected chi connectivity index (χ3v) is 3.33. The van der Waals surface area contributed by atoms with E-state index in [1.54, 1.807) is 13.8 Å². The first kappa shape index (κ1) is 13.8. The van der Waals surface area contributed by atoms with E-state index in [-0.39, 0.29) is 11.5 Å². The van der Waals surface area contributed by atoms with E-state index in [0.717, 1.165) is 16.3 Å². The molecule has 0 bridgehead atoms. The zero-order chi connectivity index (χ0) is 13.1. The number of halogens is 1. The second-order valence-electron chi connectivity index (χ2n) is 4.56. The topological polar surface area (TPSA) is 60.2 Å². The van der Waals surface area contributed by atoms with Crippen LogP contribution in [-0.2, 0) is 4.79 Å². The molecule has 0 saturated carbocycles. The van der Waals surface area contributed by atoms with Crippen LogP contribution in [0.1, 0.15) is 25.3 Å². The number of benzene rings is 1. The lowest BCUT2D eigenvalue weighted by atomic mass is 9.76. The van der Waals surface area contributed by atoms with Gasteiger partial charge in [-0.2, -0.15) is 0 Å². The molecule has 0 amide bonds. The van der Waals surface area contributed by atoms with Gasteiger partial charge in [0.05, 0.1) is 5.92 Å². The summed E-state index contributed by atoms with van der Waals surface area (Å²) in [6, 6.07) is 7.26. The molecule has 0 N–H and O–H groups in total. The highest BCUT2D eigenvalue weighted by molar-refractivity contribution is 9.10. The largest absolute Gasteiger partial charge is 0.303 e. The molecule has 4 nitrogen and oxygen atoms in total. The molecule has 0 unspecified atom stereocenters. The predicted octanol–water partition coefficient (Wildman–Crippen LogP) is 3.03. The van der Waals surface area contributed by atoms with E-state index in [9.17, 15) is 14.9 Å². The number of hydrogen-bond acceptors (Lipinski definition) is 3. The minimum absolute atomic E-state index is 0.243. The van der Waals surface area contributed by atoms with Gasteiger partial charge in [-0.05, 0) is 17.7 Å². The molecule has 0 saturated heterocycles. The second-order valence-corrected chi connectivity index (χ2v) is 5.47. The molecule has 0 radical (unpaired) electrons. The molecule has 1 aromatic rings. The molecular weight excluding hydrogens is 286 g/mol. The summed E-state index contributed by atoms with van der Waals surface area (Å²) in [7, 11) is 0. The summed E-state index contributed by atoms with van der Waals surface area (Å²) in [5.74, 6) is -0.414. The molecule has 0 aliphatic rings. The molecule has 92 valence electrons. The Hall–Kier alpha value is -1.23. The van der Waals surface area contributed by atoms with Gasteiger partial charge in [0.15, 0.2) is 0 Å². The molecule has 1 atom stereocenters.